The molecule has 1 nitrogen and oxygen atoms in total. The first-order valence-corrected chi connectivity index (χ1v) is 7.22. The predicted octanol–water partition coefficient (Wildman–Crippen LogP) is 5.10. The number of nitrogens with one attached hydrogen (secondary N) is 1. The van der Waals surface area contributed by atoms with Gasteiger partial charge < -0.3 is 5.32 Å². The van der Waals surface area contributed by atoms with Gasteiger partial charge in [-0.25, -0.2) is 0 Å². The molecule has 2 atom stereocenters. The summed E-state index contributed by atoms with van der Waals surface area (Å²) in [7, 11) is 0. The van der Waals surface area contributed by atoms with Crippen molar-refractivity contribution < 1.29 is 13.2 Å². The summed E-state index contributed by atoms with van der Waals surface area (Å²) in [5, 5.41) is 3.45. The molecular formula is C16H24F3N. The van der Waals surface area contributed by atoms with Crippen LogP contribution in [0.3, 0.4) is 0 Å². The monoisotopic (exact) mass is 287 g/mol. The van der Waals surface area contributed by atoms with E-state index in [1.165, 1.54) is 12.1 Å². The zero-order valence-electron chi connectivity index (χ0n) is 12.6. The summed E-state index contributed by atoms with van der Waals surface area (Å²) < 4.78 is 38.1. The summed E-state index contributed by atoms with van der Waals surface area (Å²) >= 11 is 0. The SMILES string of the molecule is CCCNC(c1ccc(C(F)(F)F)cc1C)C(C)CC. The molecule has 4 heteroatoms. The Bertz CT molecular complexity index is 426. The zero-order chi connectivity index (χ0) is 15.3. The lowest BCUT2D eigenvalue weighted by Crippen LogP contribution is -2.28. The second-order valence-electron chi connectivity index (χ2n) is 5.39. The smallest absolute Gasteiger partial charge is 0.310 e. The van der Waals surface area contributed by atoms with E-state index >= 15 is 0 Å². The van der Waals surface area contributed by atoms with Crippen molar-refractivity contribution in [3.05, 3.63) is 34.9 Å². The van der Waals surface area contributed by atoms with Crippen LogP contribution in [0.1, 0.15) is 56.3 Å². The fourth-order valence-electron chi connectivity index (χ4n) is 2.35. The van der Waals surface area contributed by atoms with E-state index < -0.39 is 11.7 Å². The maximum absolute atomic E-state index is 12.7. The van der Waals surface area contributed by atoms with Crippen LogP contribution in [-0.4, -0.2) is 6.54 Å². The van der Waals surface area contributed by atoms with Crippen LogP contribution < -0.4 is 5.32 Å². The molecule has 0 aromatic heterocycles. The lowest BCUT2D eigenvalue weighted by Gasteiger charge is -2.27. The first-order chi connectivity index (χ1) is 9.31. The van der Waals surface area contributed by atoms with Gasteiger partial charge in [-0.15, -0.1) is 0 Å². The molecule has 1 aromatic rings. The van der Waals surface area contributed by atoms with E-state index in [9.17, 15) is 13.2 Å². The highest BCUT2D eigenvalue weighted by Crippen LogP contribution is 2.33. The largest absolute Gasteiger partial charge is 0.416 e. The van der Waals surface area contributed by atoms with Gasteiger partial charge in [-0.05, 0) is 49.1 Å². The second kappa shape index (κ2) is 7.11. The Morgan fingerprint density at radius 1 is 1.20 bits per heavy atom. The third-order valence-corrected chi connectivity index (χ3v) is 3.76. The van der Waals surface area contributed by atoms with Crippen molar-refractivity contribution in [2.45, 2.75) is 52.8 Å². The molecule has 0 saturated carbocycles. The van der Waals surface area contributed by atoms with Crippen molar-refractivity contribution >= 4 is 0 Å². The maximum Gasteiger partial charge on any atom is 0.416 e. The molecule has 0 aliphatic heterocycles. The second-order valence-corrected chi connectivity index (χ2v) is 5.39. The Hall–Kier alpha value is -1.03. The number of hydrogen-bond acceptors (Lipinski definition) is 1. The summed E-state index contributed by atoms with van der Waals surface area (Å²) in [6.45, 7) is 8.94. The number of alkyl halides is 3. The number of hydrogen-bond donors (Lipinski definition) is 1. The van der Waals surface area contributed by atoms with Crippen LogP contribution in [0.5, 0.6) is 0 Å². The summed E-state index contributed by atoms with van der Waals surface area (Å²) in [5.41, 5.74) is 1.10. The number of halogens is 3. The van der Waals surface area contributed by atoms with E-state index in [0.717, 1.165) is 24.9 Å². The van der Waals surface area contributed by atoms with Gasteiger partial charge in [0, 0.05) is 6.04 Å². The lowest BCUT2D eigenvalue weighted by atomic mass is 9.89. The van der Waals surface area contributed by atoms with Gasteiger partial charge in [-0.3, -0.25) is 0 Å². The molecule has 0 saturated heterocycles. The van der Waals surface area contributed by atoms with Crippen molar-refractivity contribution in [1.29, 1.82) is 0 Å². The van der Waals surface area contributed by atoms with Crippen LogP contribution in [-0.2, 0) is 6.18 Å². The van der Waals surface area contributed by atoms with Gasteiger partial charge in [0.2, 0.25) is 0 Å². The summed E-state index contributed by atoms with van der Waals surface area (Å²) in [4.78, 5) is 0. The number of aryl methyl sites for hydroxylation is 1. The minimum absolute atomic E-state index is 0.113. The molecule has 1 rings (SSSR count). The van der Waals surface area contributed by atoms with Crippen LogP contribution in [0.15, 0.2) is 18.2 Å². The fraction of sp³-hybridized carbons (Fsp3) is 0.625. The molecular weight excluding hydrogens is 263 g/mol. The first kappa shape index (κ1) is 17.0. The normalized spacial score (nSPS) is 15.2. The third kappa shape index (κ3) is 4.23. The quantitative estimate of drug-likeness (QED) is 0.767. The molecule has 1 N–H and O–H groups in total. The summed E-state index contributed by atoms with van der Waals surface area (Å²) in [6, 6.07) is 4.17. The first-order valence-electron chi connectivity index (χ1n) is 7.22. The predicted molar refractivity (Wildman–Crippen MR) is 76.7 cm³/mol. The highest BCUT2D eigenvalue weighted by Gasteiger charge is 2.31. The van der Waals surface area contributed by atoms with Gasteiger partial charge in [0.25, 0.3) is 0 Å². The van der Waals surface area contributed by atoms with E-state index in [4.69, 9.17) is 0 Å². The molecule has 0 bridgehead atoms. The molecule has 0 radical (unpaired) electrons. The average molecular weight is 287 g/mol. The number of rotatable bonds is 6. The molecule has 2 unspecified atom stereocenters. The molecule has 0 amide bonds. The van der Waals surface area contributed by atoms with Crippen LogP contribution in [0.4, 0.5) is 13.2 Å². The average Bonchev–Trinajstić information content (AvgIpc) is 2.39. The van der Waals surface area contributed by atoms with E-state index in [0.29, 0.717) is 11.5 Å². The Labute approximate surface area is 119 Å². The van der Waals surface area contributed by atoms with Crippen LogP contribution in [0.25, 0.3) is 0 Å². The van der Waals surface area contributed by atoms with Crippen molar-refractivity contribution in [1.82, 2.24) is 5.32 Å². The van der Waals surface area contributed by atoms with E-state index in [-0.39, 0.29) is 6.04 Å². The minimum Gasteiger partial charge on any atom is -0.310 e. The maximum atomic E-state index is 12.7. The van der Waals surface area contributed by atoms with Gasteiger partial charge in [0.05, 0.1) is 5.56 Å². The van der Waals surface area contributed by atoms with Crippen LogP contribution in [0, 0.1) is 12.8 Å². The van der Waals surface area contributed by atoms with Crippen LogP contribution in [0.2, 0.25) is 0 Å². The van der Waals surface area contributed by atoms with Crippen molar-refractivity contribution in [3.63, 3.8) is 0 Å². The van der Waals surface area contributed by atoms with Gasteiger partial charge in [-0.2, -0.15) is 13.2 Å². The summed E-state index contributed by atoms with van der Waals surface area (Å²) in [6.07, 6.45) is -2.28. The standard InChI is InChI=1S/C16H24F3N/c1-5-9-20-15(11(3)6-2)14-8-7-13(10-12(14)4)16(17,18)19/h7-8,10-11,15,20H,5-6,9H2,1-4H3. The zero-order valence-corrected chi connectivity index (χ0v) is 12.6. The van der Waals surface area contributed by atoms with Crippen LogP contribution >= 0.6 is 0 Å². The highest BCUT2D eigenvalue weighted by molar-refractivity contribution is 5.35. The van der Waals surface area contributed by atoms with Gasteiger partial charge in [-0.1, -0.05) is 33.3 Å². The Balaban J connectivity index is 3.08. The Morgan fingerprint density at radius 2 is 1.85 bits per heavy atom. The molecule has 114 valence electrons. The molecule has 0 aliphatic carbocycles. The highest BCUT2D eigenvalue weighted by atomic mass is 19.4. The topological polar surface area (TPSA) is 12.0 Å². The molecule has 0 spiro atoms. The third-order valence-electron chi connectivity index (χ3n) is 3.76. The molecule has 0 heterocycles. The Morgan fingerprint density at radius 3 is 2.30 bits per heavy atom. The Kier molecular flexibility index (Phi) is 6.06. The van der Waals surface area contributed by atoms with E-state index in [1.54, 1.807) is 13.0 Å². The molecule has 0 fully saturated rings. The van der Waals surface area contributed by atoms with Gasteiger partial charge >= 0.3 is 6.18 Å². The molecule has 0 aliphatic rings. The van der Waals surface area contributed by atoms with Crippen molar-refractivity contribution in [2.24, 2.45) is 5.92 Å². The van der Waals surface area contributed by atoms with E-state index in [1.807, 2.05) is 0 Å². The lowest BCUT2D eigenvalue weighted by molar-refractivity contribution is -0.137. The van der Waals surface area contributed by atoms with Gasteiger partial charge in [0.1, 0.15) is 0 Å². The van der Waals surface area contributed by atoms with Crippen molar-refractivity contribution in [3.8, 4) is 0 Å². The van der Waals surface area contributed by atoms with E-state index in [2.05, 4.69) is 26.1 Å². The van der Waals surface area contributed by atoms with Crippen molar-refractivity contribution in [2.75, 3.05) is 6.54 Å². The minimum atomic E-state index is -4.27. The van der Waals surface area contributed by atoms with Gasteiger partial charge in [0.15, 0.2) is 0 Å². The number of benzene rings is 1. The summed E-state index contributed by atoms with van der Waals surface area (Å²) in [5.74, 6) is 0.386. The molecule has 20 heavy (non-hydrogen) atoms. The fourth-order valence-corrected chi connectivity index (χ4v) is 2.35. The molecule has 1 aromatic carbocycles.